The molecule has 0 unspecified atom stereocenters. The van der Waals surface area contributed by atoms with Crippen LogP contribution in [0.2, 0.25) is 5.02 Å². The number of carbonyl (C=O) groups is 2. The molecule has 0 radical (unpaired) electrons. The van der Waals surface area contributed by atoms with E-state index in [1.54, 1.807) is 6.92 Å². The van der Waals surface area contributed by atoms with Gasteiger partial charge in [0.2, 0.25) is 20.0 Å². The van der Waals surface area contributed by atoms with Crippen LogP contribution in [0.5, 0.6) is 0 Å². The van der Waals surface area contributed by atoms with E-state index in [1.807, 2.05) is 0 Å². The Morgan fingerprint density at radius 2 is 1.71 bits per heavy atom. The number of hydrogen-bond donors (Lipinski definition) is 2. The molecule has 0 spiro atoms. The smallest absolute Gasteiger partial charge is 0.338 e. The van der Waals surface area contributed by atoms with Gasteiger partial charge in [0.25, 0.3) is 5.91 Å². The van der Waals surface area contributed by atoms with Crippen molar-refractivity contribution in [2.45, 2.75) is 16.7 Å². The molecule has 0 aliphatic heterocycles. The number of nitrogens with zero attached hydrogens (tertiary/aromatic N) is 1. The summed E-state index contributed by atoms with van der Waals surface area (Å²) in [5.74, 6) is -1.71. The van der Waals surface area contributed by atoms with E-state index in [0.717, 1.165) is 16.4 Å². The molecule has 2 rings (SSSR count). The van der Waals surface area contributed by atoms with Gasteiger partial charge in [-0.15, -0.1) is 0 Å². The van der Waals surface area contributed by atoms with Crippen molar-refractivity contribution in [3.05, 3.63) is 52.5 Å². The first-order valence-corrected chi connectivity index (χ1v) is 11.9. The lowest BCUT2D eigenvalue weighted by Gasteiger charge is -2.15. The zero-order valence-electron chi connectivity index (χ0n) is 16.7. The zero-order valence-corrected chi connectivity index (χ0v) is 19.1. The Balaban J connectivity index is 2.11. The molecule has 0 aliphatic carbocycles. The van der Waals surface area contributed by atoms with Gasteiger partial charge in [0, 0.05) is 19.8 Å². The van der Waals surface area contributed by atoms with Crippen molar-refractivity contribution in [1.82, 2.24) is 4.31 Å². The van der Waals surface area contributed by atoms with Crippen molar-refractivity contribution in [3.8, 4) is 0 Å². The fraction of sp³-hybridized carbons (Fsp3) is 0.222. The number of aryl methyl sites for hydroxylation is 1. The molecule has 0 atom stereocenters. The third-order valence-corrected chi connectivity index (χ3v) is 7.39. The second-order valence-corrected chi connectivity index (χ2v) is 10.6. The van der Waals surface area contributed by atoms with Gasteiger partial charge in [-0.2, -0.15) is 0 Å². The van der Waals surface area contributed by atoms with Gasteiger partial charge in [0.05, 0.1) is 15.5 Å². The van der Waals surface area contributed by atoms with E-state index >= 15 is 0 Å². The van der Waals surface area contributed by atoms with Crippen LogP contribution in [0.1, 0.15) is 15.9 Å². The van der Waals surface area contributed by atoms with Crippen LogP contribution in [-0.2, 0) is 29.6 Å². The minimum atomic E-state index is -4.16. The second kappa shape index (κ2) is 9.32. The topological polar surface area (TPSA) is 153 Å². The third kappa shape index (κ3) is 6.02. The number of halogens is 1. The van der Waals surface area contributed by atoms with E-state index in [4.69, 9.17) is 21.5 Å². The van der Waals surface area contributed by atoms with Crippen LogP contribution >= 0.6 is 11.6 Å². The SMILES string of the molecule is Cc1ccc(NC(=O)COC(=O)c2ccc(Cl)c(S(N)(=O)=O)c2)cc1S(=O)(=O)N(C)C. The Labute approximate surface area is 185 Å². The Morgan fingerprint density at radius 1 is 1.06 bits per heavy atom. The minimum absolute atomic E-state index is 0.0176. The molecule has 0 saturated carbocycles. The molecule has 0 fully saturated rings. The van der Waals surface area contributed by atoms with Gasteiger partial charge in [0.15, 0.2) is 6.61 Å². The summed E-state index contributed by atoms with van der Waals surface area (Å²) in [7, 11) is -5.11. The number of amides is 1. The molecule has 1 amide bonds. The fourth-order valence-electron chi connectivity index (χ4n) is 2.41. The highest BCUT2D eigenvalue weighted by Gasteiger charge is 2.21. The number of ether oxygens (including phenoxy) is 1. The molecule has 2 aromatic rings. The quantitative estimate of drug-likeness (QED) is 0.556. The number of nitrogens with one attached hydrogen (secondary N) is 1. The van der Waals surface area contributed by atoms with E-state index in [1.165, 1.54) is 38.4 Å². The minimum Gasteiger partial charge on any atom is -0.452 e. The number of anilines is 1. The van der Waals surface area contributed by atoms with Crippen LogP contribution in [0.4, 0.5) is 5.69 Å². The molecule has 10 nitrogen and oxygen atoms in total. The first-order valence-electron chi connectivity index (χ1n) is 8.56. The lowest BCUT2D eigenvalue weighted by atomic mass is 10.2. The van der Waals surface area contributed by atoms with E-state index in [2.05, 4.69) is 5.32 Å². The predicted molar refractivity (Wildman–Crippen MR) is 114 cm³/mol. The normalized spacial score (nSPS) is 11.9. The first kappa shape index (κ1) is 24.8. The summed E-state index contributed by atoms with van der Waals surface area (Å²) in [6, 6.07) is 7.65. The summed E-state index contributed by atoms with van der Waals surface area (Å²) in [5, 5.41) is 7.30. The van der Waals surface area contributed by atoms with E-state index in [0.29, 0.717) is 5.56 Å². The summed E-state index contributed by atoms with van der Waals surface area (Å²) in [5.41, 5.74) is 0.512. The molecule has 0 aliphatic rings. The van der Waals surface area contributed by atoms with Crippen molar-refractivity contribution in [2.24, 2.45) is 5.14 Å². The number of benzene rings is 2. The summed E-state index contributed by atoms with van der Waals surface area (Å²) in [6.45, 7) is 0.918. The largest absolute Gasteiger partial charge is 0.452 e. The zero-order chi connectivity index (χ0) is 23.6. The summed E-state index contributed by atoms with van der Waals surface area (Å²) in [4.78, 5) is 23.8. The van der Waals surface area contributed by atoms with Crippen molar-refractivity contribution in [3.63, 3.8) is 0 Å². The monoisotopic (exact) mass is 489 g/mol. The van der Waals surface area contributed by atoms with Gasteiger partial charge in [0.1, 0.15) is 4.90 Å². The van der Waals surface area contributed by atoms with Gasteiger partial charge < -0.3 is 10.1 Å². The highest BCUT2D eigenvalue weighted by atomic mass is 35.5. The average Bonchev–Trinajstić information content (AvgIpc) is 2.66. The summed E-state index contributed by atoms with van der Waals surface area (Å²) < 4.78 is 53.6. The number of rotatable bonds is 7. The molecular formula is C18H20ClN3O7S2. The van der Waals surface area contributed by atoms with Crippen molar-refractivity contribution in [1.29, 1.82) is 0 Å². The highest BCUT2D eigenvalue weighted by Crippen LogP contribution is 2.23. The molecule has 0 heterocycles. The van der Waals surface area contributed by atoms with Crippen molar-refractivity contribution >= 4 is 49.2 Å². The standard InChI is InChI=1S/C18H20ClN3O7S2/c1-11-4-6-13(9-15(11)31(27,28)22(2)3)21-17(23)10-29-18(24)12-5-7-14(19)16(8-12)30(20,25)26/h4-9H,10H2,1-3H3,(H,21,23)(H2,20,25,26). The molecule has 3 N–H and O–H groups in total. The Morgan fingerprint density at radius 3 is 2.29 bits per heavy atom. The molecule has 0 aromatic heterocycles. The van der Waals surface area contributed by atoms with Crippen molar-refractivity contribution < 1.29 is 31.2 Å². The summed E-state index contributed by atoms with van der Waals surface area (Å²) >= 11 is 5.76. The Bertz CT molecular complexity index is 1240. The maximum atomic E-state index is 12.4. The van der Waals surface area contributed by atoms with Gasteiger partial charge >= 0.3 is 5.97 Å². The Hall–Kier alpha value is -2.51. The fourth-order valence-corrected chi connectivity index (χ4v) is 4.63. The van der Waals surface area contributed by atoms with E-state index < -0.39 is 43.4 Å². The predicted octanol–water partition coefficient (Wildman–Crippen LogP) is 1.34. The molecule has 2 aromatic carbocycles. The molecule has 13 heteroatoms. The van der Waals surface area contributed by atoms with Crippen LogP contribution < -0.4 is 10.5 Å². The van der Waals surface area contributed by atoms with Crippen LogP contribution in [0, 0.1) is 6.92 Å². The molecule has 0 bridgehead atoms. The molecule has 31 heavy (non-hydrogen) atoms. The first-order chi connectivity index (χ1) is 14.2. The van der Waals surface area contributed by atoms with Gasteiger partial charge in [-0.1, -0.05) is 17.7 Å². The number of nitrogens with two attached hydrogens (primary N) is 1. The summed E-state index contributed by atoms with van der Waals surface area (Å²) in [6.07, 6.45) is 0. The van der Waals surface area contributed by atoms with E-state index in [9.17, 15) is 26.4 Å². The van der Waals surface area contributed by atoms with Gasteiger partial charge in [-0.05, 0) is 42.8 Å². The van der Waals surface area contributed by atoms with Crippen LogP contribution in [0.25, 0.3) is 0 Å². The average molecular weight is 490 g/mol. The lowest BCUT2D eigenvalue weighted by molar-refractivity contribution is -0.119. The molecular weight excluding hydrogens is 470 g/mol. The number of sulfonamides is 2. The second-order valence-electron chi connectivity index (χ2n) is 6.58. The number of hydrogen-bond acceptors (Lipinski definition) is 7. The molecule has 168 valence electrons. The van der Waals surface area contributed by atoms with Crippen LogP contribution in [0.3, 0.4) is 0 Å². The maximum Gasteiger partial charge on any atom is 0.338 e. The highest BCUT2D eigenvalue weighted by molar-refractivity contribution is 7.89. The van der Waals surface area contributed by atoms with Gasteiger partial charge in [-0.3, -0.25) is 4.79 Å². The number of primary sulfonamides is 1. The van der Waals surface area contributed by atoms with Crippen LogP contribution in [-0.4, -0.2) is 53.7 Å². The third-order valence-electron chi connectivity index (χ3n) is 4.04. The van der Waals surface area contributed by atoms with Gasteiger partial charge in [-0.25, -0.2) is 31.1 Å². The number of esters is 1. The van der Waals surface area contributed by atoms with Crippen LogP contribution in [0.15, 0.2) is 46.2 Å². The van der Waals surface area contributed by atoms with E-state index in [-0.39, 0.29) is 21.2 Å². The van der Waals surface area contributed by atoms with Crippen molar-refractivity contribution in [2.75, 3.05) is 26.0 Å². The maximum absolute atomic E-state index is 12.4. The number of carbonyl (C=O) groups excluding carboxylic acids is 2. The molecule has 0 saturated heterocycles. The lowest BCUT2D eigenvalue weighted by Crippen LogP contribution is -2.24. The Kier molecular flexibility index (Phi) is 7.44.